The van der Waals surface area contributed by atoms with Crippen LogP contribution in [-0.2, 0) is 0 Å². The zero-order valence-electron chi connectivity index (χ0n) is 9.85. The van der Waals surface area contributed by atoms with Crippen molar-refractivity contribution in [1.29, 1.82) is 0 Å². The molecule has 2 atom stereocenters. The van der Waals surface area contributed by atoms with Gasteiger partial charge in [0.2, 0.25) is 0 Å². The molecular formula is C11H26N2. The first kappa shape index (κ1) is 12.9. The van der Waals surface area contributed by atoms with E-state index in [2.05, 4.69) is 39.9 Å². The molecule has 0 fully saturated rings. The zero-order chi connectivity index (χ0) is 10.5. The lowest BCUT2D eigenvalue weighted by Gasteiger charge is -2.29. The summed E-state index contributed by atoms with van der Waals surface area (Å²) in [6, 6.07) is 0. The predicted molar refractivity (Wildman–Crippen MR) is 59.5 cm³/mol. The van der Waals surface area contributed by atoms with E-state index in [9.17, 15) is 0 Å². The van der Waals surface area contributed by atoms with Crippen molar-refractivity contribution in [2.75, 3.05) is 6.54 Å². The summed E-state index contributed by atoms with van der Waals surface area (Å²) in [5.74, 6) is 0.735. The lowest BCUT2D eigenvalue weighted by atomic mass is 9.92. The summed E-state index contributed by atoms with van der Waals surface area (Å²) >= 11 is 0. The number of hydrogen-bond acceptors (Lipinski definition) is 2. The zero-order valence-corrected chi connectivity index (χ0v) is 9.85. The molecule has 0 saturated carbocycles. The highest BCUT2D eigenvalue weighted by Crippen LogP contribution is 2.15. The summed E-state index contributed by atoms with van der Waals surface area (Å²) in [5.41, 5.74) is 6.14. The Balaban J connectivity index is 3.63. The summed E-state index contributed by atoms with van der Waals surface area (Å²) in [6.07, 6.45) is 2.64. The first-order valence-corrected chi connectivity index (χ1v) is 5.37. The Labute approximate surface area is 83.3 Å². The minimum absolute atomic E-state index is 0.104. The van der Waals surface area contributed by atoms with Crippen LogP contribution < -0.4 is 11.1 Å². The van der Waals surface area contributed by atoms with Crippen LogP contribution in [0.4, 0.5) is 0 Å². The third-order valence-electron chi connectivity index (χ3n) is 2.40. The van der Waals surface area contributed by atoms with Gasteiger partial charge in [-0.2, -0.15) is 0 Å². The number of rotatable bonds is 5. The fraction of sp³-hybridized carbons (Fsp3) is 1.00. The smallest absolute Gasteiger partial charge is 0.0596 e. The first-order valence-electron chi connectivity index (χ1n) is 5.37. The van der Waals surface area contributed by atoms with Crippen molar-refractivity contribution >= 4 is 0 Å². The molecule has 0 radical (unpaired) electrons. The van der Waals surface area contributed by atoms with Gasteiger partial charge in [-0.25, -0.2) is 0 Å². The van der Waals surface area contributed by atoms with Gasteiger partial charge < -0.3 is 11.1 Å². The molecule has 0 heterocycles. The molecule has 80 valence electrons. The molecule has 0 aromatic rings. The van der Waals surface area contributed by atoms with E-state index in [1.165, 1.54) is 12.8 Å². The van der Waals surface area contributed by atoms with Crippen LogP contribution in [0, 0.1) is 11.3 Å². The average Bonchev–Trinajstić information content (AvgIpc) is 1.99. The molecule has 0 aliphatic rings. The molecule has 0 spiro atoms. The van der Waals surface area contributed by atoms with Crippen molar-refractivity contribution in [2.45, 2.75) is 53.6 Å². The predicted octanol–water partition coefficient (Wildman–Crippen LogP) is 2.34. The van der Waals surface area contributed by atoms with Crippen molar-refractivity contribution in [3.05, 3.63) is 0 Å². The second kappa shape index (κ2) is 5.61. The minimum atomic E-state index is 0.104. The van der Waals surface area contributed by atoms with Gasteiger partial charge in [0.25, 0.3) is 0 Å². The third-order valence-corrected chi connectivity index (χ3v) is 2.40. The normalized spacial score (nSPS) is 17.1. The number of hydrogen-bond donors (Lipinski definition) is 2. The van der Waals surface area contributed by atoms with Gasteiger partial charge in [0, 0.05) is 0 Å². The van der Waals surface area contributed by atoms with E-state index in [0.717, 1.165) is 12.5 Å². The van der Waals surface area contributed by atoms with Gasteiger partial charge >= 0.3 is 0 Å². The van der Waals surface area contributed by atoms with Crippen LogP contribution in [0.25, 0.3) is 0 Å². The van der Waals surface area contributed by atoms with Crippen LogP contribution in [-0.4, -0.2) is 12.7 Å². The summed E-state index contributed by atoms with van der Waals surface area (Å²) in [7, 11) is 0. The van der Waals surface area contributed by atoms with Gasteiger partial charge in [0.05, 0.1) is 6.17 Å². The highest BCUT2D eigenvalue weighted by Gasteiger charge is 2.19. The number of nitrogens with one attached hydrogen (secondary N) is 1. The second-order valence-corrected chi connectivity index (χ2v) is 5.15. The van der Waals surface area contributed by atoms with Crippen molar-refractivity contribution in [3.8, 4) is 0 Å². The Morgan fingerprint density at radius 1 is 1.31 bits per heavy atom. The molecule has 0 aromatic heterocycles. The molecule has 0 amide bonds. The monoisotopic (exact) mass is 186 g/mol. The Kier molecular flexibility index (Phi) is 5.57. The minimum Gasteiger partial charge on any atom is -0.315 e. The summed E-state index contributed by atoms with van der Waals surface area (Å²) in [4.78, 5) is 0. The van der Waals surface area contributed by atoms with Crippen LogP contribution in [0.2, 0.25) is 0 Å². The Bertz CT molecular complexity index is 127. The van der Waals surface area contributed by atoms with E-state index < -0.39 is 0 Å². The standard InChI is InChI=1S/C11H26N2/c1-6-7-9(2)8-13-10(12)11(3,4)5/h9-10,13H,6-8,12H2,1-5H3. The van der Waals surface area contributed by atoms with Crippen LogP contribution in [0.1, 0.15) is 47.5 Å². The highest BCUT2D eigenvalue weighted by molar-refractivity contribution is 4.75. The SMILES string of the molecule is CCCC(C)CNC(N)C(C)(C)C. The van der Waals surface area contributed by atoms with E-state index in [4.69, 9.17) is 5.73 Å². The molecule has 2 heteroatoms. The van der Waals surface area contributed by atoms with E-state index >= 15 is 0 Å². The van der Waals surface area contributed by atoms with E-state index in [-0.39, 0.29) is 11.6 Å². The number of nitrogens with two attached hydrogens (primary N) is 1. The second-order valence-electron chi connectivity index (χ2n) is 5.15. The van der Waals surface area contributed by atoms with Crippen molar-refractivity contribution in [1.82, 2.24) is 5.32 Å². The lowest BCUT2D eigenvalue weighted by molar-refractivity contribution is 0.261. The van der Waals surface area contributed by atoms with Crippen molar-refractivity contribution < 1.29 is 0 Å². The maximum Gasteiger partial charge on any atom is 0.0596 e. The van der Waals surface area contributed by atoms with Crippen molar-refractivity contribution in [2.24, 2.45) is 17.1 Å². The van der Waals surface area contributed by atoms with Gasteiger partial charge in [-0.1, -0.05) is 41.0 Å². The molecule has 0 aliphatic heterocycles. The van der Waals surface area contributed by atoms with Crippen LogP contribution in [0.15, 0.2) is 0 Å². The average molecular weight is 186 g/mol. The van der Waals surface area contributed by atoms with Crippen LogP contribution >= 0.6 is 0 Å². The fourth-order valence-electron chi connectivity index (χ4n) is 1.23. The van der Waals surface area contributed by atoms with E-state index in [1.54, 1.807) is 0 Å². The highest BCUT2D eigenvalue weighted by atomic mass is 15.0. The molecule has 0 bridgehead atoms. The molecule has 13 heavy (non-hydrogen) atoms. The molecule has 0 saturated heterocycles. The molecule has 0 aromatic carbocycles. The van der Waals surface area contributed by atoms with E-state index in [0.29, 0.717) is 0 Å². The fourth-order valence-corrected chi connectivity index (χ4v) is 1.23. The van der Waals surface area contributed by atoms with Gasteiger partial charge in [0.15, 0.2) is 0 Å². The van der Waals surface area contributed by atoms with Crippen LogP contribution in [0.3, 0.4) is 0 Å². The molecular weight excluding hydrogens is 160 g/mol. The molecule has 0 rings (SSSR count). The Hall–Kier alpha value is -0.0800. The Morgan fingerprint density at radius 3 is 2.23 bits per heavy atom. The van der Waals surface area contributed by atoms with Gasteiger partial charge in [-0.3, -0.25) is 0 Å². The molecule has 0 aliphatic carbocycles. The largest absolute Gasteiger partial charge is 0.315 e. The lowest BCUT2D eigenvalue weighted by Crippen LogP contribution is -2.48. The van der Waals surface area contributed by atoms with E-state index in [1.807, 2.05) is 0 Å². The molecule has 2 nitrogen and oxygen atoms in total. The van der Waals surface area contributed by atoms with Crippen LogP contribution in [0.5, 0.6) is 0 Å². The topological polar surface area (TPSA) is 38.0 Å². The van der Waals surface area contributed by atoms with Gasteiger partial charge in [0.1, 0.15) is 0 Å². The van der Waals surface area contributed by atoms with Crippen molar-refractivity contribution in [3.63, 3.8) is 0 Å². The molecule has 3 N–H and O–H groups in total. The summed E-state index contributed by atoms with van der Waals surface area (Å²) in [6.45, 7) is 12.0. The third kappa shape index (κ3) is 6.05. The summed E-state index contributed by atoms with van der Waals surface area (Å²) < 4.78 is 0. The maximum absolute atomic E-state index is 5.98. The Morgan fingerprint density at radius 2 is 1.85 bits per heavy atom. The molecule has 2 unspecified atom stereocenters. The van der Waals surface area contributed by atoms with Gasteiger partial charge in [-0.15, -0.1) is 0 Å². The quantitative estimate of drug-likeness (QED) is 0.647. The first-order chi connectivity index (χ1) is 5.88. The summed E-state index contributed by atoms with van der Waals surface area (Å²) in [5, 5.41) is 3.38. The van der Waals surface area contributed by atoms with Gasteiger partial charge in [-0.05, 0) is 24.3 Å². The maximum atomic E-state index is 5.98.